The highest BCUT2D eigenvalue weighted by molar-refractivity contribution is 4.91. The Kier molecular flexibility index (Phi) is 1.34. The Bertz CT molecular complexity index is 166. The molecule has 0 aromatic carbocycles. The summed E-state index contributed by atoms with van der Waals surface area (Å²) >= 11 is 0. The molecule has 0 radical (unpaired) electrons. The van der Waals surface area contributed by atoms with Gasteiger partial charge < -0.3 is 0 Å². The highest BCUT2D eigenvalue weighted by Gasteiger charge is 2.63. The van der Waals surface area contributed by atoms with Gasteiger partial charge in [0.2, 0.25) is 6.04 Å². The zero-order chi connectivity index (χ0) is 7.94. The molecule has 3 nitrogen and oxygen atoms in total. The van der Waals surface area contributed by atoms with Crippen LogP contribution in [0.25, 0.3) is 0 Å². The molecule has 0 spiro atoms. The maximum absolute atomic E-state index is 11.5. The van der Waals surface area contributed by atoms with Gasteiger partial charge in [-0.1, -0.05) is 0 Å². The van der Waals surface area contributed by atoms with Crippen LogP contribution in [0.2, 0.25) is 0 Å². The SMILES string of the molecule is O=[N+]([O-])[C@@H]1C[C@H]1C(F)(F)F. The van der Waals surface area contributed by atoms with Gasteiger partial charge in [0.25, 0.3) is 0 Å². The van der Waals surface area contributed by atoms with E-state index in [4.69, 9.17) is 0 Å². The van der Waals surface area contributed by atoms with Crippen molar-refractivity contribution in [3.05, 3.63) is 10.1 Å². The van der Waals surface area contributed by atoms with E-state index in [-0.39, 0.29) is 6.42 Å². The van der Waals surface area contributed by atoms with Crippen LogP contribution in [0.1, 0.15) is 6.42 Å². The molecule has 0 unspecified atom stereocenters. The monoisotopic (exact) mass is 155 g/mol. The van der Waals surface area contributed by atoms with Crippen LogP contribution in [0.5, 0.6) is 0 Å². The van der Waals surface area contributed by atoms with E-state index in [0.29, 0.717) is 0 Å². The summed E-state index contributed by atoms with van der Waals surface area (Å²) in [5.41, 5.74) is 0. The summed E-state index contributed by atoms with van der Waals surface area (Å²) in [4.78, 5) is 8.85. The molecule has 1 fully saturated rings. The number of hydrogen-bond acceptors (Lipinski definition) is 2. The molecular weight excluding hydrogens is 151 g/mol. The van der Waals surface area contributed by atoms with Gasteiger partial charge in [0, 0.05) is 11.3 Å². The molecule has 0 aromatic rings. The second-order valence-corrected chi connectivity index (χ2v) is 2.24. The summed E-state index contributed by atoms with van der Waals surface area (Å²) in [6.07, 6.45) is -4.73. The molecule has 10 heavy (non-hydrogen) atoms. The molecule has 1 aliphatic carbocycles. The number of alkyl halides is 3. The lowest BCUT2D eigenvalue weighted by Crippen LogP contribution is -2.17. The molecule has 0 aliphatic heterocycles. The van der Waals surface area contributed by atoms with Crippen LogP contribution in [0.3, 0.4) is 0 Å². The van der Waals surface area contributed by atoms with Gasteiger partial charge in [-0.05, 0) is 0 Å². The third-order valence-corrected chi connectivity index (χ3v) is 1.45. The summed E-state index contributed by atoms with van der Waals surface area (Å²) in [5.74, 6) is -1.69. The number of halogens is 3. The maximum atomic E-state index is 11.5. The molecule has 1 saturated carbocycles. The molecule has 0 saturated heterocycles. The Morgan fingerprint density at radius 2 is 2.00 bits per heavy atom. The zero-order valence-electron chi connectivity index (χ0n) is 4.76. The van der Waals surface area contributed by atoms with Crippen molar-refractivity contribution in [3.8, 4) is 0 Å². The average molecular weight is 155 g/mol. The highest BCUT2D eigenvalue weighted by atomic mass is 19.4. The van der Waals surface area contributed by atoms with Crippen molar-refractivity contribution < 1.29 is 18.1 Å². The molecule has 0 bridgehead atoms. The van der Waals surface area contributed by atoms with Crippen LogP contribution in [0, 0.1) is 16.0 Å². The molecule has 0 N–H and O–H groups in total. The third-order valence-electron chi connectivity index (χ3n) is 1.45. The number of nitro groups is 1. The lowest BCUT2D eigenvalue weighted by atomic mass is 10.4. The normalized spacial score (nSPS) is 31.9. The topological polar surface area (TPSA) is 43.1 Å². The number of rotatable bonds is 1. The Morgan fingerprint density at radius 3 is 2.10 bits per heavy atom. The van der Waals surface area contributed by atoms with Gasteiger partial charge in [-0.15, -0.1) is 0 Å². The number of nitrogens with zero attached hydrogens (tertiary/aromatic N) is 1. The van der Waals surface area contributed by atoms with Crippen molar-refractivity contribution in [1.29, 1.82) is 0 Å². The molecule has 0 aromatic heterocycles. The first kappa shape index (κ1) is 7.30. The fraction of sp³-hybridized carbons (Fsp3) is 1.00. The quantitative estimate of drug-likeness (QED) is 0.422. The van der Waals surface area contributed by atoms with Gasteiger partial charge in [0.15, 0.2) is 0 Å². The van der Waals surface area contributed by atoms with Crippen LogP contribution < -0.4 is 0 Å². The summed E-state index contributed by atoms with van der Waals surface area (Å²) in [7, 11) is 0. The van der Waals surface area contributed by atoms with Gasteiger partial charge in [-0.2, -0.15) is 13.2 Å². The van der Waals surface area contributed by atoms with E-state index in [2.05, 4.69) is 0 Å². The van der Waals surface area contributed by atoms with Crippen molar-refractivity contribution in [1.82, 2.24) is 0 Å². The Labute approximate surface area is 54.0 Å². The van der Waals surface area contributed by atoms with Crippen molar-refractivity contribution in [2.75, 3.05) is 0 Å². The summed E-state index contributed by atoms with van der Waals surface area (Å²) < 4.78 is 34.6. The van der Waals surface area contributed by atoms with Gasteiger partial charge in [-0.3, -0.25) is 10.1 Å². The van der Waals surface area contributed by atoms with E-state index >= 15 is 0 Å². The smallest absolute Gasteiger partial charge is 0.264 e. The standard InChI is InChI=1S/C4H4F3NO2/c5-4(6,7)2-1-3(2)8(9)10/h2-3H,1H2/t2-,3-/m1/s1. The van der Waals surface area contributed by atoms with Crippen molar-refractivity contribution in [3.63, 3.8) is 0 Å². The third kappa shape index (κ3) is 1.19. The molecule has 2 atom stereocenters. The van der Waals surface area contributed by atoms with Gasteiger partial charge >= 0.3 is 6.18 Å². The second-order valence-electron chi connectivity index (χ2n) is 2.24. The predicted molar refractivity (Wildman–Crippen MR) is 24.9 cm³/mol. The lowest BCUT2D eigenvalue weighted by Gasteiger charge is -1.99. The number of hydrogen-bond donors (Lipinski definition) is 0. The van der Waals surface area contributed by atoms with E-state index < -0.39 is 23.1 Å². The fourth-order valence-electron chi connectivity index (χ4n) is 0.766. The summed E-state index contributed by atoms with van der Waals surface area (Å²) in [6.45, 7) is 0. The second kappa shape index (κ2) is 1.83. The lowest BCUT2D eigenvalue weighted by molar-refractivity contribution is -0.502. The molecule has 6 heteroatoms. The summed E-state index contributed by atoms with van der Waals surface area (Å²) in [5, 5.41) is 9.72. The molecule has 58 valence electrons. The largest absolute Gasteiger partial charge is 0.398 e. The molecule has 0 heterocycles. The van der Waals surface area contributed by atoms with Crippen molar-refractivity contribution in [2.45, 2.75) is 18.6 Å². The zero-order valence-corrected chi connectivity index (χ0v) is 4.76. The molecule has 1 rings (SSSR count). The minimum atomic E-state index is -4.38. The minimum absolute atomic E-state index is 0.351. The van der Waals surface area contributed by atoms with E-state index in [9.17, 15) is 23.3 Å². The summed E-state index contributed by atoms with van der Waals surface area (Å²) in [6, 6.07) is -1.38. The Morgan fingerprint density at radius 1 is 1.50 bits per heavy atom. The first-order valence-electron chi connectivity index (χ1n) is 2.63. The molecule has 0 amide bonds. The van der Waals surface area contributed by atoms with Crippen LogP contribution in [0.4, 0.5) is 13.2 Å². The van der Waals surface area contributed by atoms with Crippen LogP contribution in [-0.4, -0.2) is 17.1 Å². The Hall–Kier alpha value is -0.810. The van der Waals surface area contributed by atoms with E-state index in [0.717, 1.165) is 0 Å². The first-order chi connectivity index (χ1) is 4.43. The molecule has 1 aliphatic rings. The Balaban J connectivity index is 2.46. The van der Waals surface area contributed by atoms with E-state index in [1.54, 1.807) is 0 Å². The predicted octanol–water partition coefficient (Wildman–Crippen LogP) is 1.21. The van der Waals surface area contributed by atoms with Crippen LogP contribution >= 0.6 is 0 Å². The van der Waals surface area contributed by atoms with Gasteiger partial charge in [0.1, 0.15) is 5.92 Å². The van der Waals surface area contributed by atoms with Crippen LogP contribution in [-0.2, 0) is 0 Å². The van der Waals surface area contributed by atoms with E-state index in [1.807, 2.05) is 0 Å². The fourth-order valence-corrected chi connectivity index (χ4v) is 0.766. The van der Waals surface area contributed by atoms with Gasteiger partial charge in [0.05, 0.1) is 0 Å². The van der Waals surface area contributed by atoms with Crippen molar-refractivity contribution in [2.24, 2.45) is 5.92 Å². The van der Waals surface area contributed by atoms with Crippen LogP contribution in [0.15, 0.2) is 0 Å². The maximum Gasteiger partial charge on any atom is 0.398 e. The minimum Gasteiger partial charge on any atom is -0.264 e. The first-order valence-corrected chi connectivity index (χ1v) is 2.63. The molecular formula is C4H4F3NO2. The van der Waals surface area contributed by atoms with Gasteiger partial charge in [-0.25, -0.2) is 0 Å². The van der Waals surface area contributed by atoms with Crippen molar-refractivity contribution >= 4 is 0 Å². The average Bonchev–Trinajstić information content (AvgIpc) is 2.35. The highest BCUT2D eigenvalue weighted by Crippen LogP contribution is 2.45. The van der Waals surface area contributed by atoms with E-state index in [1.165, 1.54) is 0 Å².